The molecule has 8 atom stereocenters. The topological polar surface area (TPSA) is 77.8 Å². The lowest BCUT2D eigenvalue weighted by atomic mass is 9.46. The van der Waals surface area contributed by atoms with Crippen LogP contribution in [-0.4, -0.2) is 45.1 Å². The number of hydrogen-bond acceptors (Lipinski definition) is 4. The smallest absolute Gasteiger partial charge is 0.178 e. The first-order valence-corrected chi connectivity index (χ1v) is 8.82. The molecule has 0 unspecified atom stereocenters. The molecule has 0 aromatic carbocycles. The number of hydrogen-bond donors (Lipinski definition) is 3. The third-order valence-electron chi connectivity index (χ3n) is 7.61. The molecule has 132 valence electrons. The first-order chi connectivity index (χ1) is 11.1. The molecule has 4 aliphatic rings. The lowest BCUT2D eigenvalue weighted by Crippen LogP contribution is -2.66. The van der Waals surface area contributed by atoms with E-state index in [1.165, 1.54) is 12.2 Å². The van der Waals surface area contributed by atoms with Gasteiger partial charge >= 0.3 is 0 Å². The Balaban J connectivity index is 1.83. The third kappa shape index (κ3) is 1.71. The second kappa shape index (κ2) is 4.77. The van der Waals surface area contributed by atoms with Crippen LogP contribution in [0.5, 0.6) is 0 Å². The Morgan fingerprint density at radius 2 is 1.92 bits per heavy atom. The first kappa shape index (κ1) is 16.4. The molecule has 0 radical (unpaired) electrons. The molecule has 4 nitrogen and oxygen atoms in total. The summed E-state index contributed by atoms with van der Waals surface area (Å²) in [7, 11) is 0. The van der Waals surface area contributed by atoms with Crippen LogP contribution in [0.4, 0.5) is 4.39 Å². The van der Waals surface area contributed by atoms with Crippen LogP contribution < -0.4 is 0 Å². The van der Waals surface area contributed by atoms with Gasteiger partial charge in [0.05, 0.1) is 18.3 Å². The minimum atomic E-state index is -1.89. The second-order valence-electron chi connectivity index (χ2n) is 8.60. The van der Waals surface area contributed by atoms with E-state index in [4.69, 9.17) is 0 Å². The van der Waals surface area contributed by atoms with Crippen LogP contribution >= 0.6 is 0 Å². The van der Waals surface area contributed by atoms with Crippen molar-refractivity contribution in [2.24, 2.45) is 22.7 Å². The molecule has 0 saturated heterocycles. The number of rotatable bonds is 0. The highest BCUT2D eigenvalue weighted by atomic mass is 19.1. The Kier molecular flexibility index (Phi) is 3.27. The summed E-state index contributed by atoms with van der Waals surface area (Å²) in [5.41, 5.74) is -2.83. The minimum absolute atomic E-state index is 0.119. The quantitative estimate of drug-likeness (QED) is 0.629. The van der Waals surface area contributed by atoms with Gasteiger partial charge in [0, 0.05) is 16.7 Å². The molecule has 0 spiro atoms. The highest BCUT2D eigenvalue weighted by molar-refractivity contribution is 6.01. The fourth-order valence-corrected chi connectivity index (χ4v) is 6.20. The molecular weight excluding hydrogens is 311 g/mol. The molecule has 3 fully saturated rings. The molecule has 24 heavy (non-hydrogen) atoms. The molecule has 3 N–H and O–H groups in total. The molecule has 0 heterocycles. The number of ketones is 1. The van der Waals surface area contributed by atoms with Crippen molar-refractivity contribution >= 4 is 5.78 Å². The Hall–Kier alpha value is -1.04. The molecule has 0 aliphatic heterocycles. The van der Waals surface area contributed by atoms with Crippen molar-refractivity contribution in [1.82, 2.24) is 0 Å². The van der Waals surface area contributed by atoms with Crippen molar-refractivity contribution in [3.05, 3.63) is 23.8 Å². The molecule has 4 rings (SSSR count). The van der Waals surface area contributed by atoms with Crippen molar-refractivity contribution in [1.29, 1.82) is 0 Å². The lowest BCUT2D eigenvalue weighted by molar-refractivity contribution is -0.201. The van der Waals surface area contributed by atoms with E-state index in [9.17, 15) is 20.1 Å². The average molecular weight is 336 g/mol. The maximum Gasteiger partial charge on any atom is 0.178 e. The number of allylic oxidation sites excluding steroid dienone is 4. The summed E-state index contributed by atoms with van der Waals surface area (Å²) in [6.07, 6.45) is 3.08. The van der Waals surface area contributed by atoms with Crippen LogP contribution in [0.2, 0.25) is 0 Å². The third-order valence-corrected chi connectivity index (χ3v) is 7.61. The van der Waals surface area contributed by atoms with Crippen molar-refractivity contribution in [2.45, 2.75) is 63.5 Å². The van der Waals surface area contributed by atoms with Gasteiger partial charge in [0.1, 0.15) is 0 Å². The SMILES string of the molecule is C[C@]12C[C@H](O)[C@@]3(F)[C@@H](CCC4=CC(=O)C=C[C@@]43C)[C@@H]1C[C@@H](O)[C@@H]2O. The maximum absolute atomic E-state index is 16.5. The predicted octanol–water partition coefficient (Wildman–Crippen LogP) is 1.69. The van der Waals surface area contributed by atoms with E-state index < -0.39 is 40.7 Å². The maximum atomic E-state index is 16.5. The Morgan fingerprint density at radius 1 is 1.21 bits per heavy atom. The van der Waals surface area contributed by atoms with E-state index in [0.717, 1.165) is 5.57 Å². The summed E-state index contributed by atoms with van der Waals surface area (Å²) in [4.78, 5) is 11.7. The van der Waals surface area contributed by atoms with Crippen LogP contribution in [0.1, 0.15) is 39.5 Å². The number of fused-ring (bicyclic) bond motifs is 5. The van der Waals surface area contributed by atoms with Crippen molar-refractivity contribution in [3.8, 4) is 0 Å². The highest BCUT2D eigenvalue weighted by Gasteiger charge is 2.71. The van der Waals surface area contributed by atoms with Crippen molar-refractivity contribution in [3.63, 3.8) is 0 Å². The van der Waals surface area contributed by atoms with Gasteiger partial charge in [-0.25, -0.2) is 4.39 Å². The summed E-state index contributed by atoms with van der Waals surface area (Å²) in [5, 5.41) is 31.4. The second-order valence-corrected chi connectivity index (χ2v) is 8.60. The van der Waals surface area contributed by atoms with E-state index in [0.29, 0.717) is 19.3 Å². The zero-order chi connectivity index (χ0) is 17.5. The van der Waals surface area contributed by atoms with Gasteiger partial charge in [-0.3, -0.25) is 4.79 Å². The fourth-order valence-electron chi connectivity index (χ4n) is 6.20. The largest absolute Gasteiger partial charge is 0.390 e. The molecule has 0 aromatic heterocycles. The van der Waals surface area contributed by atoms with Crippen LogP contribution in [0, 0.1) is 22.7 Å². The van der Waals surface area contributed by atoms with E-state index in [2.05, 4.69) is 0 Å². The van der Waals surface area contributed by atoms with Crippen LogP contribution in [0.25, 0.3) is 0 Å². The number of alkyl halides is 1. The molecule has 0 aromatic rings. The van der Waals surface area contributed by atoms with Gasteiger partial charge in [0.15, 0.2) is 11.5 Å². The average Bonchev–Trinajstić information content (AvgIpc) is 2.74. The van der Waals surface area contributed by atoms with Gasteiger partial charge < -0.3 is 15.3 Å². The van der Waals surface area contributed by atoms with Gasteiger partial charge in [0.2, 0.25) is 0 Å². The van der Waals surface area contributed by atoms with Gasteiger partial charge in [-0.15, -0.1) is 0 Å². The summed E-state index contributed by atoms with van der Waals surface area (Å²) >= 11 is 0. The number of halogens is 1. The summed E-state index contributed by atoms with van der Waals surface area (Å²) in [6, 6.07) is 0. The predicted molar refractivity (Wildman–Crippen MR) is 85.8 cm³/mol. The van der Waals surface area contributed by atoms with Crippen molar-refractivity contribution < 1.29 is 24.5 Å². The van der Waals surface area contributed by atoms with Crippen LogP contribution in [-0.2, 0) is 4.79 Å². The molecule has 4 aliphatic carbocycles. The van der Waals surface area contributed by atoms with Gasteiger partial charge in [-0.2, -0.15) is 0 Å². The number of carbonyl (C=O) groups is 1. The van der Waals surface area contributed by atoms with Gasteiger partial charge in [-0.1, -0.05) is 18.6 Å². The molecule has 3 saturated carbocycles. The Labute approximate surface area is 141 Å². The zero-order valence-electron chi connectivity index (χ0n) is 14.1. The standard InChI is InChI=1S/C19H25FO4/c1-17-9-15(23)19(20)12(13(17)8-14(22)16(17)24)4-3-10-7-11(21)5-6-18(10,19)2/h5-7,12-16,22-24H,3-4,8-9H2,1-2H3/t12-,13-,14+,15-,16-,17-,18-,19-/m0/s1. The Bertz CT molecular complexity index is 658. The molecule has 0 bridgehead atoms. The highest BCUT2D eigenvalue weighted by Crippen LogP contribution is 2.67. The van der Waals surface area contributed by atoms with Crippen LogP contribution in [0.3, 0.4) is 0 Å². The zero-order valence-corrected chi connectivity index (χ0v) is 14.1. The minimum Gasteiger partial charge on any atom is -0.390 e. The number of aliphatic hydroxyl groups excluding tert-OH is 3. The number of carbonyl (C=O) groups excluding carboxylic acids is 1. The molecule has 0 amide bonds. The van der Waals surface area contributed by atoms with Crippen LogP contribution in [0.15, 0.2) is 23.8 Å². The lowest BCUT2D eigenvalue weighted by Gasteiger charge is -2.61. The van der Waals surface area contributed by atoms with E-state index in [1.54, 1.807) is 13.0 Å². The van der Waals surface area contributed by atoms with E-state index in [1.807, 2.05) is 6.92 Å². The Morgan fingerprint density at radius 3 is 2.62 bits per heavy atom. The van der Waals surface area contributed by atoms with E-state index in [-0.39, 0.29) is 18.1 Å². The monoisotopic (exact) mass is 336 g/mol. The summed E-state index contributed by atoms with van der Waals surface area (Å²) in [6.45, 7) is 3.62. The summed E-state index contributed by atoms with van der Waals surface area (Å²) in [5.74, 6) is -0.760. The first-order valence-electron chi connectivity index (χ1n) is 8.82. The normalized spacial score (nSPS) is 56.3. The van der Waals surface area contributed by atoms with Crippen molar-refractivity contribution in [2.75, 3.05) is 0 Å². The molecule has 5 heteroatoms. The number of aliphatic hydroxyl groups is 3. The van der Waals surface area contributed by atoms with E-state index >= 15 is 4.39 Å². The summed E-state index contributed by atoms with van der Waals surface area (Å²) < 4.78 is 16.5. The fraction of sp³-hybridized carbons (Fsp3) is 0.737. The van der Waals surface area contributed by atoms with Gasteiger partial charge in [0.25, 0.3) is 0 Å². The van der Waals surface area contributed by atoms with Gasteiger partial charge in [-0.05, 0) is 50.7 Å². The molecular formula is C19H25FO4.